The summed E-state index contributed by atoms with van der Waals surface area (Å²) in [7, 11) is 1.94. The van der Waals surface area contributed by atoms with Crippen molar-refractivity contribution in [2.45, 2.75) is 51.5 Å². The number of carbonyl (C=O) groups excluding carboxylic acids is 1. The topological polar surface area (TPSA) is 46.9 Å². The fraction of sp³-hybridized carbons (Fsp3) is 0.692. The number of rotatable bonds is 1. The van der Waals surface area contributed by atoms with E-state index in [2.05, 4.69) is 44.3 Å². The summed E-state index contributed by atoms with van der Waals surface area (Å²) in [5, 5.41) is 7.54. The average molecular weight is 235 g/mol. The van der Waals surface area contributed by atoms with Crippen molar-refractivity contribution >= 4 is 5.91 Å². The highest BCUT2D eigenvalue weighted by Crippen LogP contribution is 2.35. The van der Waals surface area contributed by atoms with Crippen LogP contribution in [-0.4, -0.2) is 21.7 Å². The predicted octanol–water partition coefficient (Wildman–Crippen LogP) is 1.71. The first kappa shape index (κ1) is 12.1. The Kier molecular flexibility index (Phi) is 2.76. The molecule has 0 aliphatic carbocycles. The molecule has 1 aliphatic heterocycles. The van der Waals surface area contributed by atoms with Gasteiger partial charge in [0.2, 0.25) is 5.91 Å². The number of carbonyl (C=O) groups is 1. The van der Waals surface area contributed by atoms with E-state index in [9.17, 15) is 4.79 Å². The summed E-state index contributed by atoms with van der Waals surface area (Å²) in [6, 6.07) is 0.202. The van der Waals surface area contributed by atoms with Gasteiger partial charge >= 0.3 is 0 Å². The van der Waals surface area contributed by atoms with Crippen LogP contribution in [0.2, 0.25) is 0 Å². The molecule has 4 nitrogen and oxygen atoms in total. The van der Waals surface area contributed by atoms with Crippen LogP contribution in [0.3, 0.4) is 0 Å². The van der Waals surface area contributed by atoms with Crippen molar-refractivity contribution in [1.29, 1.82) is 0 Å². The SMILES string of the molecule is CC1NC(=O)CC1c1cn(C)nc1C(C)(C)C. The number of hydrogen-bond donors (Lipinski definition) is 1. The van der Waals surface area contributed by atoms with E-state index in [0.717, 1.165) is 5.69 Å². The molecule has 17 heavy (non-hydrogen) atoms. The van der Waals surface area contributed by atoms with Crippen molar-refractivity contribution in [3.8, 4) is 0 Å². The fourth-order valence-corrected chi connectivity index (χ4v) is 2.53. The zero-order valence-corrected chi connectivity index (χ0v) is 11.2. The Labute approximate surface area is 102 Å². The predicted molar refractivity (Wildman–Crippen MR) is 66.9 cm³/mol. The average Bonchev–Trinajstić information content (AvgIpc) is 2.68. The lowest BCUT2D eigenvalue weighted by Crippen LogP contribution is -2.25. The van der Waals surface area contributed by atoms with E-state index in [4.69, 9.17) is 0 Å². The number of hydrogen-bond acceptors (Lipinski definition) is 2. The number of amides is 1. The third-order valence-corrected chi connectivity index (χ3v) is 3.36. The molecule has 2 unspecified atom stereocenters. The summed E-state index contributed by atoms with van der Waals surface area (Å²) >= 11 is 0. The van der Waals surface area contributed by atoms with Crippen LogP contribution >= 0.6 is 0 Å². The van der Waals surface area contributed by atoms with Gasteiger partial charge < -0.3 is 5.32 Å². The van der Waals surface area contributed by atoms with Crippen molar-refractivity contribution in [3.63, 3.8) is 0 Å². The molecule has 2 rings (SSSR count). The Morgan fingerprint density at radius 2 is 2.12 bits per heavy atom. The summed E-state index contributed by atoms with van der Waals surface area (Å²) in [5.41, 5.74) is 2.33. The summed E-state index contributed by atoms with van der Waals surface area (Å²) in [6.07, 6.45) is 2.64. The van der Waals surface area contributed by atoms with Crippen LogP contribution in [-0.2, 0) is 17.3 Å². The van der Waals surface area contributed by atoms with E-state index in [1.54, 1.807) is 0 Å². The molecule has 0 bridgehead atoms. The van der Waals surface area contributed by atoms with E-state index in [1.165, 1.54) is 5.56 Å². The van der Waals surface area contributed by atoms with Crippen LogP contribution in [0.25, 0.3) is 0 Å². The first-order valence-electron chi connectivity index (χ1n) is 6.12. The van der Waals surface area contributed by atoms with Crippen LogP contribution in [0.1, 0.15) is 51.3 Å². The minimum Gasteiger partial charge on any atom is -0.353 e. The van der Waals surface area contributed by atoms with E-state index < -0.39 is 0 Å². The zero-order valence-electron chi connectivity index (χ0n) is 11.2. The maximum atomic E-state index is 11.5. The van der Waals surface area contributed by atoms with Crippen molar-refractivity contribution in [3.05, 3.63) is 17.5 Å². The molecule has 1 amide bonds. The zero-order chi connectivity index (χ0) is 12.8. The second-order valence-corrected chi connectivity index (χ2v) is 6.02. The highest BCUT2D eigenvalue weighted by atomic mass is 16.1. The van der Waals surface area contributed by atoms with Crippen molar-refractivity contribution in [2.24, 2.45) is 7.05 Å². The maximum absolute atomic E-state index is 11.5. The monoisotopic (exact) mass is 235 g/mol. The molecule has 94 valence electrons. The number of nitrogens with one attached hydrogen (secondary N) is 1. The Bertz CT molecular complexity index is 442. The number of nitrogens with zero attached hydrogens (tertiary/aromatic N) is 2. The fourth-order valence-electron chi connectivity index (χ4n) is 2.53. The molecule has 2 atom stereocenters. The Morgan fingerprint density at radius 1 is 1.47 bits per heavy atom. The second-order valence-electron chi connectivity index (χ2n) is 6.02. The van der Waals surface area contributed by atoms with Crippen LogP contribution in [0, 0.1) is 0 Å². The smallest absolute Gasteiger partial charge is 0.220 e. The van der Waals surface area contributed by atoms with E-state index in [0.29, 0.717) is 6.42 Å². The van der Waals surface area contributed by atoms with E-state index in [1.807, 2.05) is 11.7 Å². The van der Waals surface area contributed by atoms with Gasteiger partial charge in [-0.3, -0.25) is 9.48 Å². The molecule has 0 radical (unpaired) electrons. The Balaban J connectivity index is 2.42. The maximum Gasteiger partial charge on any atom is 0.220 e. The molecule has 0 saturated carbocycles. The lowest BCUT2D eigenvalue weighted by Gasteiger charge is -2.21. The molecule has 4 heteroatoms. The quantitative estimate of drug-likeness (QED) is 0.805. The standard InChI is InChI=1S/C13H21N3O/c1-8-9(6-11(17)14-8)10-7-16(5)15-12(10)13(2,3)4/h7-9H,6H2,1-5H3,(H,14,17). The molecule has 1 fully saturated rings. The lowest BCUT2D eigenvalue weighted by atomic mass is 9.83. The summed E-state index contributed by atoms with van der Waals surface area (Å²) < 4.78 is 1.85. The van der Waals surface area contributed by atoms with Crippen molar-refractivity contribution < 1.29 is 4.79 Å². The Hall–Kier alpha value is -1.32. The molecule has 1 aromatic rings. The second kappa shape index (κ2) is 3.86. The van der Waals surface area contributed by atoms with Crippen LogP contribution in [0.15, 0.2) is 6.20 Å². The minimum atomic E-state index is 0.0158. The molecular weight excluding hydrogens is 214 g/mol. The van der Waals surface area contributed by atoms with Gasteiger partial charge in [0.05, 0.1) is 5.69 Å². The number of aromatic nitrogens is 2. The molecule has 0 spiro atoms. The summed E-state index contributed by atoms with van der Waals surface area (Å²) in [5.74, 6) is 0.400. The summed E-state index contributed by atoms with van der Waals surface area (Å²) in [4.78, 5) is 11.5. The van der Waals surface area contributed by atoms with Gasteiger partial charge in [0, 0.05) is 37.0 Å². The molecular formula is C13H21N3O. The first-order chi connectivity index (χ1) is 7.79. The van der Waals surface area contributed by atoms with Gasteiger partial charge in [-0.15, -0.1) is 0 Å². The molecule has 1 aliphatic rings. The normalized spacial score (nSPS) is 25.1. The van der Waals surface area contributed by atoms with Gasteiger partial charge in [-0.05, 0) is 12.5 Å². The van der Waals surface area contributed by atoms with Gasteiger partial charge in [0.15, 0.2) is 0 Å². The summed E-state index contributed by atoms with van der Waals surface area (Å²) in [6.45, 7) is 8.55. The molecule has 1 aromatic heterocycles. The third kappa shape index (κ3) is 2.21. The minimum absolute atomic E-state index is 0.0158. The largest absolute Gasteiger partial charge is 0.353 e. The third-order valence-electron chi connectivity index (χ3n) is 3.36. The van der Waals surface area contributed by atoms with E-state index in [-0.39, 0.29) is 23.3 Å². The van der Waals surface area contributed by atoms with Crippen LogP contribution < -0.4 is 5.32 Å². The lowest BCUT2D eigenvalue weighted by molar-refractivity contribution is -0.119. The molecule has 0 aromatic carbocycles. The van der Waals surface area contributed by atoms with E-state index >= 15 is 0 Å². The molecule has 1 N–H and O–H groups in total. The van der Waals surface area contributed by atoms with Gasteiger partial charge in [0.25, 0.3) is 0 Å². The highest BCUT2D eigenvalue weighted by molar-refractivity contribution is 5.80. The van der Waals surface area contributed by atoms with Crippen molar-refractivity contribution in [1.82, 2.24) is 15.1 Å². The molecule has 2 heterocycles. The van der Waals surface area contributed by atoms with Gasteiger partial charge in [-0.25, -0.2) is 0 Å². The highest BCUT2D eigenvalue weighted by Gasteiger charge is 2.35. The van der Waals surface area contributed by atoms with Crippen molar-refractivity contribution in [2.75, 3.05) is 0 Å². The number of aryl methyl sites for hydroxylation is 1. The van der Waals surface area contributed by atoms with Crippen LogP contribution in [0.5, 0.6) is 0 Å². The first-order valence-corrected chi connectivity index (χ1v) is 6.12. The van der Waals surface area contributed by atoms with Crippen LogP contribution in [0.4, 0.5) is 0 Å². The Morgan fingerprint density at radius 3 is 2.59 bits per heavy atom. The van der Waals surface area contributed by atoms with Gasteiger partial charge in [0.1, 0.15) is 0 Å². The molecule has 1 saturated heterocycles. The van der Waals surface area contributed by atoms with Gasteiger partial charge in [-0.2, -0.15) is 5.10 Å². The van der Waals surface area contributed by atoms with Gasteiger partial charge in [-0.1, -0.05) is 20.8 Å².